The molecule has 4 rings (SSSR count). The number of pyridine rings is 2. The van der Waals surface area contributed by atoms with Crippen LogP contribution < -0.4 is 15.4 Å². The van der Waals surface area contributed by atoms with Gasteiger partial charge in [-0.15, -0.1) is 0 Å². The molecule has 1 fully saturated rings. The number of carbonyl (C=O) groups excluding carboxylic acids is 1. The lowest BCUT2D eigenvalue weighted by Gasteiger charge is -2.23. The van der Waals surface area contributed by atoms with Crippen LogP contribution in [0.25, 0.3) is 0 Å². The van der Waals surface area contributed by atoms with Crippen molar-refractivity contribution in [2.24, 2.45) is 11.7 Å². The molecule has 3 heterocycles. The van der Waals surface area contributed by atoms with Gasteiger partial charge in [0.25, 0.3) is 0 Å². The Bertz CT molecular complexity index is 1290. The van der Waals surface area contributed by atoms with Gasteiger partial charge in [0.15, 0.2) is 9.84 Å². The summed E-state index contributed by atoms with van der Waals surface area (Å²) in [6, 6.07) is 11.7. The van der Waals surface area contributed by atoms with Gasteiger partial charge in [0, 0.05) is 37.8 Å². The zero-order valence-electron chi connectivity index (χ0n) is 19.7. The van der Waals surface area contributed by atoms with Crippen molar-refractivity contribution >= 4 is 27.2 Å². The highest BCUT2D eigenvalue weighted by molar-refractivity contribution is 7.90. The fraction of sp³-hybridized carbons (Fsp3) is 0.320. The first-order chi connectivity index (χ1) is 16.7. The third-order valence-corrected chi connectivity index (χ3v) is 6.98. The van der Waals surface area contributed by atoms with Crippen LogP contribution in [-0.2, 0) is 21.0 Å². The number of carbonyl (C=O) groups is 1. The molecular weight excluding hydrogens is 468 g/mol. The molecule has 35 heavy (non-hydrogen) atoms. The van der Waals surface area contributed by atoms with Gasteiger partial charge in [0.1, 0.15) is 11.6 Å². The zero-order chi connectivity index (χ0) is 25.0. The summed E-state index contributed by atoms with van der Waals surface area (Å²) in [5, 5.41) is 0. The minimum absolute atomic E-state index is 0.227. The van der Waals surface area contributed by atoms with Crippen molar-refractivity contribution < 1.29 is 22.7 Å². The van der Waals surface area contributed by atoms with Crippen LogP contribution in [-0.4, -0.2) is 50.3 Å². The molecule has 0 radical (unpaired) electrons. The molecule has 0 saturated carbocycles. The van der Waals surface area contributed by atoms with Crippen molar-refractivity contribution in [2.75, 3.05) is 30.9 Å². The number of nitrogens with zero attached hydrogens (tertiary/aromatic N) is 3. The van der Waals surface area contributed by atoms with Crippen LogP contribution >= 0.6 is 0 Å². The van der Waals surface area contributed by atoms with Gasteiger partial charge in [-0.05, 0) is 68.1 Å². The smallest absolute Gasteiger partial charge is 0.250 e. The monoisotopic (exact) mass is 496 g/mol. The summed E-state index contributed by atoms with van der Waals surface area (Å²) in [5.41, 5.74) is 7.43. The van der Waals surface area contributed by atoms with Crippen LogP contribution in [0.4, 0.5) is 11.5 Å². The van der Waals surface area contributed by atoms with Gasteiger partial charge in [-0.25, -0.2) is 18.4 Å². The van der Waals surface area contributed by atoms with E-state index in [2.05, 4.69) is 9.97 Å². The van der Waals surface area contributed by atoms with E-state index in [-0.39, 0.29) is 4.90 Å². The number of nitrogens with two attached hydrogens (primary N) is 1. The van der Waals surface area contributed by atoms with Crippen LogP contribution in [0.1, 0.15) is 29.3 Å². The maximum atomic E-state index is 11.8. The minimum atomic E-state index is -3.29. The summed E-state index contributed by atoms with van der Waals surface area (Å²) in [6.07, 6.45) is 6.02. The molecule has 0 bridgehead atoms. The van der Waals surface area contributed by atoms with E-state index >= 15 is 0 Å². The quantitative estimate of drug-likeness (QED) is 0.477. The number of hydrogen-bond acceptors (Lipinski definition) is 8. The maximum Gasteiger partial charge on any atom is 0.250 e. The van der Waals surface area contributed by atoms with Crippen molar-refractivity contribution in [3.63, 3.8) is 0 Å². The number of rotatable bonds is 9. The summed E-state index contributed by atoms with van der Waals surface area (Å²) >= 11 is 0. The molecule has 0 spiro atoms. The molecule has 1 aliphatic rings. The van der Waals surface area contributed by atoms with Gasteiger partial charge in [-0.1, -0.05) is 0 Å². The molecule has 10 heteroatoms. The van der Waals surface area contributed by atoms with Crippen LogP contribution in [0, 0.1) is 5.92 Å². The largest absolute Gasteiger partial charge is 0.439 e. The Balaban J connectivity index is 1.64. The molecule has 1 atom stereocenters. The van der Waals surface area contributed by atoms with Crippen molar-refractivity contribution in [2.45, 2.75) is 24.7 Å². The van der Waals surface area contributed by atoms with Gasteiger partial charge < -0.3 is 20.1 Å². The number of aromatic nitrogens is 2. The molecule has 2 N–H and O–H groups in total. The Kier molecular flexibility index (Phi) is 7.32. The predicted octanol–water partition coefficient (Wildman–Crippen LogP) is 3.51. The first-order valence-electron chi connectivity index (χ1n) is 11.3. The van der Waals surface area contributed by atoms with Crippen molar-refractivity contribution in [1.82, 2.24) is 9.97 Å². The van der Waals surface area contributed by atoms with Crippen LogP contribution in [0.2, 0.25) is 0 Å². The van der Waals surface area contributed by atoms with E-state index in [1.165, 1.54) is 24.6 Å². The summed E-state index contributed by atoms with van der Waals surface area (Å²) in [5.74, 6) is 1.45. The summed E-state index contributed by atoms with van der Waals surface area (Å²) in [4.78, 5) is 22.6. The SMILES string of the molecule is CCN(c1cnc(Oc2ccc(S(C)(=O)=O)cc2)c(CC2CCOC2)c1)c1ccc(C(N)=O)cn1. The summed E-state index contributed by atoms with van der Waals surface area (Å²) in [7, 11) is -3.29. The molecule has 1 unspecified atom stereocenters. The van der Waals surface area contributed by atoms with Gasteiger partial charge >= 0.3 is 0 Å². The second-order valence-corrected chi connectivity index (χ2v) is 10.5. The first-order valence-corrected chi connectivity index (χ1v) is 13.2. The van der Waals surface area contributed by atoms with E-state index < -0.39 is 15.7 Å². The molecule has 0 aliphatic carbocycles. The Morgan fingerprint density at radius 2 is 1.94 bits per heavy atom. The van der Waals surface area contributed by atoms with Crippen LogP contribution in [0.5, 0.6) is 11.6 Å². The molecule has 1 saturated heterocycles. The predicted molar refractivity (Wildman–Crippen MR) is 132 cm³/mol. The number of anilines is 2. The number of benzene rings is 1. The topological polar surface area (TPSA) is 125 Å². The fourth-order valence-electron chi connectivity index (χ4n) is 3.96. The third kappa shape index (κ3) is 5.95. The zero-order valence-corrected chi connectivity index (χ0v) is 20.5. The van der Waals surface area contributed by atoms with E-state index in [0.717, 1.165) is 30.7 Å². The second kappa shape index (κ2) is 10.4. The molecule has 1 amide bonds. The number of primary amides is 1. The van der Waals surface area contributed by atoms with E-state index in [0.29, 0.717) is 42.1 Å². The Morgan fingerprint density at radius 3 is 2.51 bits per heavy atom. The molecule has 1 aliphatic heterocycles. The average molecular weight is 497 g/mol. The summed E-state index contributed by atoms with van der Waals surface area (Å²) in [6.45, 7) is 4.05. The number of hydrogen-bond donors (Lipinski definition) is 1. The fourth-order valence-corrected chi connectivity index (χ4v) is 4.59. The molecular formula is C25H28N4O5S. The van der Waals surface area contributed by atoms with E-state index in [1.807, 2.05) is 17.9 Å². The number of sulfone groups is 1. The highest BCUT2D eigenvalue weighted by atomic mass is 32.2. The Morgan fingerprint density at radius 1 is 1.17 bits per heavy atom. The minimum Gasteiger partial charge on any atom is -0.439 e. The Labute approximate surface area is 204 Å². The summed E-state index contributed by atoms with van der Waals surface area (Å²) < 4.78 is 35.1. The Hall–Kier alpha value is -3.50. The van der Waals surface area contributed by atoms with E-state index in [4.69, 9.17) is 15.2 Å². The number of amides is 1. The van der Waals surface area contributed by atoms with E-state index in [9.17, 15) is 13.2 Å². The van der Waals surface area contributed by atoms with Crippen molar-refractivity contribution in [3.8, 4) is 11.6 Å². The van der Waals surface area contributed by atoms with Crippen molar-refractivity contribution in [1.29, 1.82) is 0 Å². The molecule has 184 valence electrons. The van der Waals surface area contributed by atoms with Gasteiger partial charge in [-0.3, -0.25) is 4.79 Å². The van der Waals surface area contributed by atoms with Crippen molar-refractivity contribution in [3.05, 3.63) is 66.0 Å². The average Bonchev–Trinajstić information content (AvgIpc) is 3.34. The van der Waals surface area contributed by atoms with Gasteiger partial charge in [0.05, 0.1) is 22.3 Å². The first kappa shape index (κ1) is 24.6. The lowest BCUT2D eigenvalue weighted by molar-refractivity contribution is 0.1000. The van der Waals surface area contributed by atoms with Crippen LogP contribution in [0.15, 0.2) is 59.8 Å². The second-order valence-electron chi connectivity index (χ2n) is 8.45. The molecule has 2 aromatic heterocycles. The third-order valence-electron chi connectivity index (χ3n) is 5.85. The number of ether oxygens (including phenoxy) is 2. The van der Waals surface area contributed by atoms with Gasteiger partial charge in [0.2, 0.25) is 11.8 Å². The lowest BCUT2D eigenvalue weighted by Crippen LogP contribution is -2.19. The standard InChI is InChI=1S/C25H28N4O5S/c1-3-29(23-9-4-18(14-27-23)24(26)30)20-13-19(12-17-10-11-33-16-17)25(28-15-20)34-21-5-7-22(8-6-21)35(2,31)32/h4-9,13-15,17H,3,10-12,16H2,1-2H3,(H2,26,30). The lowest BCUT2D eigenvalue weighted by atomic mass is 9.99. The maximum absolute atomic E-state index is 11.8. The molecule has 9 nitrogen and oxygen atoms in total. The van der Waals surface area contributed by atoms with E-state index in [1.54, 1.807) is 30.5 Å². The molecule has 3 aromatic rings. The normalized spacial score (nSPS) is 15.7. The molecule has 1 aromatic carbocycles. The highest BCUT2D eigenvalue weighted by Gasteiger charge is 2.21. The van der Waals surface area contributed by atoms with Crippen LogP contribution in [0.3, 0.4) is 0 Å². The highest BCUT2D eigenvalue weighted by Crippen LogP contribution is 2.32. The van der Waals surface area contributed by atoms with Gasteiger partial charge in [-0.2, -0.15) is 0 Å².